The van der Waals surface area contributed by atoms with E-state index in [1.165, 1.54) is 48.1 Å². The van der Waals surface area contributed by atoms with Gasteiger partial charge >= 0.3 is 13.7 Å². The fourth-order valence-electron chi connectivity index (χ4n) is 6.21. The third-order valence-electron chi connectivity index (χ3n) is 9.35. The summed E-state index contributed by atoms with van der Waals surface area (Å²) in [5.74, 6) is -1.33. The highest BCUT2D eigenvalue weighted by molar-refractivity contribution is 7.52. The number of imidazole rings is 1. The van der Waals surface area contributed by atoms with E-state index >= 15 is 0 Å². The molecule has 6 rings (SSSR count). The van der Waals surface area contributed by atoms with Crippen molar-refractivity contribution < 1.29 is 52.5 Å². The van der Waals surface area contributed by atoms with Crippen molar-refractivity contribution in [3.63, 3.8) is 0 Å². The van der Waals surface area contributed by atoms with Crippen molar-refractivity contribution in [1.29, 1.82) is 0 Å². The van der Waals surface area contributed by atoms with Crippen LogP contribution in [0.2, 0.25) is 0 Å². The van der Waals surface area contributed by atoms with E-state index in [0.717, 1.165) is 5.39 Å². The molecule has 6 N–H and O–H groups in total. The van der Waals surface area contributed by atoms with Crippen LogP contribution < -0.4 is 25.4 Å². The number of aliphatic hydroxyl groups is 2. The van der Waals surface area contributed by atoms with Gasteiger partial charge in [-0.05, 0) is 48.9 Å². The number of anilines is 1. The molecule has 1 fully saturated rings. The fourth-order valence-corrected chi connectivity index (χ4v) is 7.65. The summed E-state index contributed by atoms with van der Waals surface area (Å²) in [6, 6.07) is 16.4. The summed E-state index contributed by atoms with van der Waals surface area (Å²) in [6.45, 7) is 5.74. The SMILES string of the molecule is CCOc1nc(N)nc2c1ncn2[C@@H]1O[C@H](COP(=O)(N[C@@H](N[C@H](C=O)C(C)C)C(=O)OCc2ccc([N+](=O)[O-])cc2)Oc2cccc3ccccc23)[C@@H](O)[C@@]1(C)O. The first-order valence-corrected chi connectivity index (χ1v) is 19.7. The van der Waals surface area contributed by atoms with Crippen LogP contribution in [0.3, 0.4) is 0 Å². The standard InChI is InChI=1S/C37H43N8O12P/c1-5-53-33-29-32(41-36(38)42-33)44(20-39-29)35-37(4,49)30(47)28(56-35)19-55-58(52,57-27-12-8-10-23-9-6-7-11-25(23)27)43-31(40-26(17-46)21(2)3)34(48)54-18-22-13-15-24(16-14-22)45(50)51/h6-17,20-21,26,28,30-31,35,40,47,49H,5,18-19H2,1-4H3,(H,43,52)(H2,38,41,42)/t26-,28-,30-,31-,35-,37-,58?/m1/s1. The maximum Gasteiger partial charge on any atom is 0.460 e. The molecule has 1 aliphatic rings. The molecule has 0 aliphatic carbocycles. The number of nitrogens with zero attached hydrogens (tertiary/aromatic N) is 5. The van der Waals surface area contributed by atoms with Crippen LogP contribution in [-0.4, -0.2) is 90.1 Å². The summed E-state index contributed by atoms with van der Waals surface area (Å²) in [5, 5.41) is 40.8. The molecule has 1 unspecified atom stereocenters. The number of esters is 1. The van der Waals surface area contributed by atoms with Gasteiger partial charge in [0.15, 0.2) is 23.6 Å². The van der Waals surface area contributed by atoms with Crippen LogP contribution in [0.1, 0.15) is 39.5 Å². The number of nitro groups is 1. The Kier molecular flexibility index (Phi) is 12.7. The van der Waals surface area contributed by atoms with Crippen molar-refractivity contribution in [3.8, 4) is 11.6 Å². The van der Waals surface area contributed by atoms with E-state index in [4.69, 9.17) is 29.0 Å². The zero-order valence-electron chi connectivity index (χ0n) is 31.8. The monoisotopic (exact) mass is 822 g/mol. The Morgan fingerprint density at radius 3 is 2.57 bits per heavy atom. The zero-order chi connectivity index (χ0) is 41.8. The van der Waals surface area contributed by atoms with E-state index in [1.807, 2.05) is 0 Å². The zero-order valence-corrected chi connectivity index (χ0v) is 32.7. The molecule has 7 atom stereocenters. The lowest BCUT2D eigenvalue weighted by Crippen LogP contribution is -2.54. The van der Waals surface area contributed by atoms with E-state index < -0.39 is 61.5 Å². The fraction of sp³-hybridized carbons (Fsp3) is 0.378. The topological polar surface area (TPSA) is 275 Å². The van der Waals surface area contributed by atoms with Gasteiger partial charge < -0.3 is 39.5 Å². The van der Waals surface area contributed by atoms with Gasteiger partial charge in [-0.25, -0.2) is 14.3 Å². The average molecular weight is 823 g/mol. The number of hydrogen-bond donors (Lipinski definition) is 5. The summed E-state index contributed by atoms with van der Waals surface area (Å²) < 4.78 is 45.6. The molecular formula is C37H43N8O12P. The second-order valence-corrected chi connectivity index (χ2v) is 15.6. The summed E-state index contributed by atoms with van der Waals surface area (Å²) in [7, 11) is -4.78. The van der Waals surface area contributed by atoms with Crippen LogP contribution in [0.25, 0.3) is 21.9 Å². The predicted octanol–water partition coefficient (Wildman–Crippen LogP) is 3.55. The van der Waals surface area contributed by atoms with Gasteiger partial charge in [-0.15, -0.1) is 0 Å². The second-order valence-electron chi connectivity index (χ2n) is 13.9. The number of carbonyl (C=O) groups is 2. The quantitative estimate of drug-likeness (QED) is 0.0211. The lowest BCUT2D eigenvalue weighted by Gasteiger charge is -2.29. The van der Waals surface area contributed by atoms with E-state index in [2.05, 4.69) is 25.4 Å². The largest absolute Gasteiger partial charge is 0.476 e. The van der Waals surface area contributed by atoms with Crippen LogP contribution in [0.5, 0.6) is 11.6 Å². The van der Waals surface area contributed by atoms with Gasteiger partial charge in [0, 0.05) is 17.5 Å². The van der Waals surface area contributed by atoms with Gasteiger partial charge in [0.05, 0.1) is 30.5 Å². The molecular weight excluding hydrogens is 779 g/mol. The Bertz CT molecular complexity index is 2320. The normalized spacial score (nSPS) is 21.4. The van der Waals surface area contributed by atoms with Gasteiger partial charge in [0.25, 0.3) is 5.69 Å². The second kappa shape index (κ2) is 17.5. The molecule has 20 nitrogen and oxygen atoms in total. The maximum absolute atomic E-state index is 15.0. The summed E-state index contributed by atoms with van der Waals surface area (Å²) in [6.07, 6.45) is -4.19. The van der Waals surface area contributed by atoms with E-state index in [0.29, 0.717) is 17.2 Å². The highest BCUT2D eigenvalue weighted by atomic mass is 31.2. The number of benzene rings is 3. The van der Waals surface area contributed by atoms with Crippen molar-refractivity contribution in [1.82, 2.24) is 29.9 Å². The number of nitrogen functional groups attached to an aromatic ring is 1. The lowest BCUT2D eigenvalue weighted by molar-refractivity contribution is -0.384. The number of nitro benzene ring substituents is 1. The number of fused-ring (bicyclic) bond motifs is 2. The third-order valence-corrected chi connectivity index (χ3v) is 10.8. The minimum atomic E-state index is -4.78. The minimum Gasteiger partial charge on any atom is -0.476 e. The number of rotatable bonds is 18. The van der Waals surface area contributed by atoms with Crippen molar-refractivity contribution in [2.75, 3.05) is 18.9 Å². The number of aromatic nitrogens is 4. The molecule has 5 aromatic rings. The molecule has 0 bridgehead atoms. The van der Waals surface area contributed by atoms with E-state index in [9.17, 15) is 34.5 Å². The molecule has 3 aromatic carbocycles. The van der Waals surface area contributed by atoms with Crippen molar-refractivity contribution in [2.24, 2.45) is 5.92 Å². The van der Waals surface area contributed by atoms with Gasteiger partial charge in [0.1, 0.15) is 36.5 Å². The Balaban J connectivity index is 1.30. The first-order chi connectivity index (χ1) is 27.6. The molecule has 0 saturated carbocycles. The molecule has 2 aromatic heterocycles. The molecule has 58 heavy (non-hydrogen) atoms. The van der Waals surface area contributed by atoms with E-state index in [-0.39, 0.29) is 53.6 Å². The van der Waals surface area contributed by atoms with Crippen LogP contribution >= 0.6 is 7.75 Å². The number of hydrogen-bond acceptors (Lipinski definition) is 17. The molecule has 0 amide bonds. The number of ether oxygens (including phenoxy) is 3. The summed E-state index contributed by atoms with van der Waals surface area (Å²) >= 11 is 0. The van der Waals surface area contributed by atoms with Crippen molar-refractivity contribution in [3.05, 3.63) is 88.7 Å². The molecule has 1 saturated heterocycles. The number of nitrogens with two attached hydrogens (primary N) is 1. The molecule has 21 heteroatoms. The number of nitrogens with one attached hydrogen (secondary N) is 2. The van der Waals surface area contributed by atoms with Crippen LogP contribution in [0.4, 0.5) is 11.6 Å². The third kappa shape index (κ3) is 9.08. The molecule has 1 aliphatic heterocycles. The van der Waals surface area contributed by atoms with E-state index in [1.54, 1.807) is 57.2 Å². The molecule has 0 radical (unpaired) electrons. The first-order valence-electron chi connectivity index (χ1n) is 18.1. The molecule has 308 valence electrons. The van der Waals surface area contributed by atoms with Gasteiger partial charge in [-0.1, -0.05) is 50.2 Å². The van der Waals surface area contributed by atoms with Crippen LogP contribution in [0.15, 0.2) is 73.1 Å². The molecule has 3 heterocycles. The van der Waals surface area contributed by atoms with Crippen molar-refractivity contribution >= 4 is 53.6 Å². The minimum absolute atomic E-state index is 0.0905. The maximum atomic E-state index is 15.0. The van der Waals surface area contributed by atoms with Gasteiger partial charge in [-0.3, -0.25) is 24.5 Å². The van der Waals surface area contributed by atoms with Crippen molar-refractivity contribution in [2.45, 2.75) is 70.5 Å². The lowest BCUT2D eigenvalue weighted by atomic mass is 9.96. The number of aldehydes is 1. The number of aliphatic hydroxyl groups excluding tert-OH is 1. The van der Waals surface area contributed by atoms with Crippen LogP contribution in [0, 0.1) is 16.0 Å². The Morgan fingerprint density at radius 1 is 1.16 bits per heavy atom. The summed E-state index contributed by atoms with van der Waals surface area (Å²) in [4.78, 5) is 49.0. The Labute approximate surface area is 331 Å². The van der Waals surface area contributed by atoms with Gasteiger partial charge in [-0.2, -0.15) is 15.1 Å². The average Bonchev–Trinajstić information content (AvgIpc) is 3.71. The Hall–Kier alpha value is -5.60. The first kappa shape index (κ1) is 42.0. The highest BCUT2D eigenvalue weighted by Gasteiger charge is 2.54. The molecule has 0 spiro atoms. The predicted molar refractivity (Wildman–Crippen MR) is 207 cm³/mol. The van der Waals surface area contributed by atoms with Crippen LogP contribution in [-0.2, 0) is 34.8 Å². The van der Waals surface area contributed by atoms with Gasteiger partial charge in [0.2, 0.25) is 11.8 Å². The Morgan fingerprint density at radius 2 is 1.88 bits per heavy atom. The highest BCUT2D eigenvalue weighted by Crippen LogP contribution is 2.48. The smallest absolute Gasteiger partial charge is 0.460 e. The number of non-ortho nitro benzene ring substituents is 1. The number of carbonyl (C=O) groups excluding carboxylic acids is 2. The summed E-state index contributed by atoms with van der Waals surface area (Å²) in [5.41, 5.74) is 4.51.